The van der Waals surface area contributed by atoms with Crippen molar-refractivity contribution >= 4 is 11.8 Å². The SMILES string of the molecule is CCN(CC(=O)NCc1ccc(F)cc1)C(=O)CCc1cnn(-c2ccccc2)c1. The fraction of sp³-hybridized carbons (Fsp3) is 0.261. The monoisotopic (exact) mass is 408 g/mol. The summed E-state index contributed by atoms with van der Waals surface area (Å²) in [5, 5.41) is 7.11. The van der Waals surface area contributed by atoms with Gasteiger partial charge in [-0.2, -0.15) is 5.10 Å². The number of halogens is 1. The van der Waals surface area contributed by atoms with Crippen LogP contribution in [0.2, 0.25) is 0 Å². The molecular formula is C23H25FN4O2. The van der Waals surface area contributed by atoms with Crippen molar-refractivity contribution in [1.82, 2.24) is 20.0 Å². The summed E-state index contributed by atoms with van der Waals surface area (Å²) < 4.78 is 14.7. The van der Waals surface area contributed by atoms with Crippen LogP contribution in [0.3, 0.4) is 0 Å². The highest BCUT2D eigenvalue weighted by Crippen LogP contribution is 2.10. The van der Waals surface area contributed by atoms with Gasteiger partial charge in [-0.05, 0) is 48.7 Å². The van der Waals surface area contributed by atoms with Crippen molar-refractivity contribution in [3.8, 4) is 5.69 Å². The van der Waals surface area contributed by atoms with E-state index in [9.17, 15) is 14.0 Å². The number of amides is 2. The van der Waals surface area contributed by atoms with Gasteiger partial charge in [-0.15, -0.1) is 0 Å². The van der Waals surface area contributed by atoms with E-state index in [-0.39, 0.29) is 24.2 Å². The van der Waals surface area contributed by atoms with Crippen LogP contribution in [-0.4, -0.2) is 39.6 Å². The topological polar surface area (TPSA) is 67.2 Å². The minimum Gasteiger partial charge on any atom is -0.350 e. The Bertz CT molecular complexity index is 970. The number of aryl methyl sites for hydroxylation is 1. The fourth-order valence-electron chi connectivity index (χ4n) is 3.03. The van der Waals surface area contributed by atoms with E-state index in [1.807, 2.05) is 43.5 Å². The molecule has 0 saturated carbocycles. The second-order valence-electron chi connectivity index (χ2n) is 6.94. The molecule has 156 valence electrons. The maximum atomic E-state index is 12.9. The van der Waals surface area contributed by atoms with Crippen molar-refractivity contribution in [3.05, 3.63) is 83.9 Å². The number of hydrogen-bond acceptors (Lipinski definition) is 3. The number of nitrogens with zero attached hydrogens (tertiary/aromatic N) is 3. The van der Waals surface area contributed by atoms with E-state index in [0.29, 0.717) is 25.9 Å². The minimum absolute atomic E-state index is 0.000193. The van der Waals surface area contributed by atoms with Crippen LogP contribution >= 0.6 is 0 Å². The van der Waals surface area contributed by atoms with Gasteiger partial charge >= 0.3 is 0 Å². The quantitative estimate of drug-likeness (QED) is 0.592. The number of para-hydroxylation sites is 1. The van der Waals surface area contributed by atoms with Crippen LogP contribution in [0.1, 0.15) is 24.5 Å². The molecule has 1 aromatic heterocycles. The third-order valence-corrected chi connectivity index (χ3v) is 4.76. The molecule has 7 heteroatoms. The molecule has 0 spiro atoms. The molecule has 30 heavy (non-hydrogen) atoms. The van der Waals surface area contributed by atoms with E-state index in [1.54, 1.807) is 23.0 Å². The Hall–Kier alpha value is -3.48. The predicted molar refractivity (Wildman–Crippen MR) is 112 cm³/mol. The van der Waals surface area contributed by atoms with Gasteiger partial charge in [0, 0.05) is 25.7 Å². The number of hydrogen-bond donors (Lipinski definition) is 1. The molecule has 0 radical (unpaired) electrons. The standard InChI is InChI=1S/C23H25FN4O2/c1-2-27(17-22(29)25-14-18-8-11-20(24)12-9-18)23(30)13-10-19-15-26-28(16-19)21-6-4-3-5-7-21/h3-9,11-12,15-16H,2,10,13-14,17H2,1H3,(H,25,29). The Kier molecular flexibility index (Phi) is 7.32. The molecular weight excluding hydrogens is 383 g/mol. The first-order chi connectivity index (χ1) is 14.5. The highest BCUT2D eigenvalue weighted by Gasteiger charge is 2.16. The van der Waals surface area contributed by atoms with E-state index in [4.69, 9.17) is 0 Å². The van der Waals surface area contributed by atoms with E-state index in [1.165, 1.54) is 17.0 Å². The molecule has 0 bridgehead atoms. The lowest BCUT2D eigenvalue weighted by Crippen LogP contribution is -2.40. The fourth-order valence-corrected chi connectivity index (χ4v) is 3.03. The molecule has 6 nitrogen and oxygen atoms in total. The average Bonchev–Trinajstić information content (AvgIpc) is 3.25. The maximum absolute atomic E-state index is 12.9. The number of rotatable bonds is 9. The first kappa shape index (κ1) is 21.2. The van der Waals surface area contributed by atoms with Gasteiger partial charge in [-0.3, -0.25) is 9.59 Å². The molecule has 1 heterocycles. The molecule has 0 saturated heterocycles. The molecule has 0 aliphatic heterocycles. The normalized spacial score (nSPS) is 10.6. The Morgan fingerprint density at radius 3 is 2.50 bits per heavy atom. The first-order valence-corrected chi connectivity index (χ1v) is 9.93. The number of carbonyl (C=O) groups excluding carboxylic acids is 2. The Balaban J connectivity index is 1.46. The molecule has 1 N–H and O–H groups in total. The molecule has 0 fully saturated rings. The van der Waals surface area contributed by atoms with Crippen molar-refractivity contribution < 1.29 is 14.0 Å². The highest BCUT2D eigenvalue weighted by atomic mass is 19.1. The second-order valence-corrected chi connectivity index (χ2v) is 6.94. The van der Waals surface area contributed by atoms with Crippen molar-refractivity contribution in [2.75, 3.05) is 13.1 Å². The summed E-state index contributed by atoms with van der Waals surface area (Å²) in [5.74, 6) is -0.643. The smallest absolute Gasteiger partial charge is 0.239 e. The first-order valence-electron chi connectivity index (χ1n) is 9.93. The molecule has 0 atom stereocenters. The Morgan fingerprint density at radius 2 is 1.80 bits per heavy atom. The van der Waals surface area contributed by atoms with Crippen molar-refractivity contribution in [2.45, 2.75) is 26.3 Å². The van der Waals surface area contributed by atoms with Gasteiger partial charge in [-0.1, -0.05) is 30.3 Å². The lowest BCUT2D eigenvalue weighted by atomic mass is 10.2. The van der Waals surface area contributed by atoms with Gasteiger partial charge in [0.15, 0.2) is 0 Å². The second kappa shape index (κ2) is 10.3. The summed E-state index contributed by atoms with van der Waals surface area (Å²) in [6.45, 7) is 2.59. The van der Waals surface area contributed by atoms with Crippen molar-refractivity contribution in [2.24, 2.45) is 0 Å². The third-order valence-electron chi connectivity index (χ3n) is 4.76. The van der Waals surface area contributed by atoms with Crippen LogP contribution in [0.25, 0.3) is 5.69 Å². The molecule has 3 aromatic rings. The summed E-state index contributed by atoms with van der Waals surface area (Å²) in [4.78, 5) is 26.3. The summed E-state index contributed by atoms with van der Waals surface area (Å²) >= 11 is 0. The van der Waals surface area contributed by atoms with Crippen LogP contribution < -0.4 is 5.32 Å². The lowest BCUT2D eigenvalue weighted by Gasteiger charge is -2.20. The predicted octanol–water partition coefficient (Wildman–Crippen LogP) is 3.11. The van der Waals surface area contributed by atoms with Crippen LogP contribution in [0.5, 0.6) is 0 Å². The van der Waals surface area contributed by atoms with E-state index in [0.717, 1.165) is 16.8 Å². The number of nitrogens with one attached hydrogen (secondary N) is 1. The molecule has 0 unspecified atom stereocenters. The Labute approximate surface area is 175 Å². The Morgan fingerprint density at radius 1 is 1.07 bits per heavy atom. The van der Waals surface area contributed by atoms with Gasteiger partial charge < -0.3 is 10.2 Å². The van der Waals surface area contributed by atoms with E-state index in [2.05, 4.69) is 10.4 Å². The van der Waals surface area contributed by atoms with Gasteiger partial charge in [0.05, 0.1) is 18.4 Å². The van der Waals surface area contributed by atoms with Gasteiger partial charge in [0.2, 0.25) is 11.8 Å². The summed E-state index contributed by atoms with van der Waals surface area (Å²) in [7, 11) is 0. The molecule has 3 rings (SSSR count). The van der Waals surface area contributed by atoms with E-state index >= 15 is 0 Å². The zero-order valence-corrected chi connectivity index (χ0v) is 16.9. The molecule has 0 aliphatic carbocycles. The summed E-state index contributed by atoms with van der Waals surface area (Å²) in [6, 6.07) is 15.7. The van der Waals surface area contributed by atoms with Crippen LogP contribution in [0.15, 0.2) is 67.0 Å². The van der Waals surface area contributed by atoms with Crippen LogP contribution in [-0.2, 0) is 22.6 Å². The number of benzene rings is 2. The summed E-state index contributed by atoms with van der Waals surface area (Å²) in [5.41, 5.74) is 2.72. The summed E-state index contributed by atoms with van der Waals surface area (Å²) in [6.07, 6.45) is 4.53. The van der Waals surface area contributed by atoms with Gasteiger partial charge in [0.25, 0.3) is 0 Å². The van der Waals surface area contributed by atoms with Gasteiger partial charge in [0.1, 0.15) is 5.82 Å². The molecule has 2 aromatic carbocycles. The zero-order valence-electron chi connectivity index (χ0n) is 16.9. The maximum Gasteiger partial charge on any atom is 0.239 e. The van der Waals surface area contributed by atoms with E-state index < -0.39 is 0 Å². The lowest BCUT2D eigenvalue weighted by molar-refractivity contribution is -0.135. The molecule has 2 amide bonds. The highest BCUT2D eigenvalue weighted by molar-refractivity contribution is 5.84. The molecule has 0 aliphatic rings. The zero-order chi connectivity index (χ0) is 21.3. The third kappa shape index (κ3) is 6.01. The number of carbonyl (C=O) groups is 2. The van der Waals surface area contributed by atoms with Gasteiger partial charge in [-0.25, -0.2) is 9.07 Å². The number of aromatic nitrogens is 2. The van der Waals surface area contributed by atoms with Crippen LogP contribution in [0, 0.1) is 5.82 Å². The van der Waals surface area contributed by atoms with Crippen LogP contribution in [0.4, 0.5) is 4.39 Å². The van der Waals surface area contributed by atoms with Crippen molar-refractivity contribution in [3.63, 3.8) is 0 Å². The number of likely N-dealkylation sites (N-methyl/N-ethyl adjacent to an activating group) is 1. The largest absolute Gasteiger partial charge is 0.350 e. The van der Waals surface area contributed by atoms with Crippen molar-refractivity contribution in [1.29, 1.82) is 0 Å². The minimum atomic E-state index is -0.317. The average molecular weight is 408 g/mol.